The smallest absolute Gasteiger partial charge is 0.317 e. The number of carbonyl (C=O) groups is 3. The first-order valence-electron chi connectivity index (χ1n) is 9.15. The van der Waals surface area contributed by atoms with Crippen LogP contribution in [0.3, 0.4) is 0 Å². The fourth-order valence-corrected chi connectivity index (χ4v) is 4.12. The lowest BCUT2D eigenvalue weighted by Crippen LogP contribution is -2.45. The number of methoxy groups -OCH3 is 1. The Bertz CT molecular complexity index is 527. The van der Waals surface area contributed by atoms with Crippen LogP contribution in [-0.2, 0) is 14.3 Å². The molecule has 0 radical (unpaired) electrons. The van der Waals surface area contributed by atoms with Gasteiger partial charge < -0.3 is 24.8 Å². The second kappa shape index (κ2) is 8.03. The molecular weight excluding hydrogens is 324 g/mol. The Kier molecular flexibility index (Phi) is 5.78. The van der Waals surface area contributed by atoms with Gasteiger partial charge in [-0.05, 0) is 24.7 Å². The van der Waals surface area contributed by atoms with Crippen molar-refractivity contribution in [3.05, 3.63) is 0 Å². The van der Waals surface area contributed by atoms with Crippen LogP contribution in [0.5, 0.6) is 0 Å². The summed E-state index contributed by atoms with van der Waals surface area (Å²) in [5, 5.41) is 2.78. The monoisotopic (exact) mass is 352 g/mol. The predicted molar refractivity (Wildman–Crippen MR) is 90.8 cm³/mol. The molecule has 3 saturated heterocycles. The summed E-state index contributed by atoms with van der Waals surface area (Å²) in [5.41, 5.74) is 0. The lowest BCUT2D eigenvalue weighted by atomic mass is 9.82. The number of nitrogens with one attached hydrogen (secondary N) is 1. The lowest BCUT2D eigenvalue weighted by Gasteiger charge is -2.37. The van der Waals surface area contributed by atoms with Gasteiger partial charge in [0.1, 0.15) is 6.61 Å². The van der Waals surface area contributed by atoms with Crippen LogP contribution in [0.25, 0.3) is 0 Å². The van der Waals surface area contributed by atoms with Gasteiger partial charge in [0, 0.05) is 59.3 Å². The molecule has 0 aromatic carbocycles. The van der Waals surface area contributed by atoms with Crippen molar-refractivity contribution in [2.75, 3.05) is 59.5 Å². The molecule has 3 heterocycles. The van der Waals surface area contributed by atoms with Gasteiger partial charge in [-0.1, -0.05) is 0 Å². The fraction of sp³-hybridized carbons (Fsp3) is 0.824. The van der Waals surface area contributed by atoms with Crippen LogP contribution < -0.4 is 5.32 Å². The summed E-state index contributed by atoms with van der Waals surface area (Å²) in [6.45, 7) is 4.85. The van der Waals surface area contributed by atoms with Crippen LogP contribution in [0, 0.1) is 11.8 Å². The molecule has 0 saturated carbocycles. The molecular formula is C17H28N4O4. The summed E-state index contributed by atoms with van der Waals surface area (Å²) >= 11 is 0. The third-order valence-electron chi connectivity index (χ3n) is 5.66. The second-order valence-electron chi connectivity index (χ2n) is 7.17. The first kappa shape index (κ1) is 18.0. The molecule has 8 nitrogen and oxygen atoms in total. The van der Waals surface area contributed by atoms with Gasteiger partial charge in [0.15, 0.2) is 0 Å². The van der Waals surface area contributed by atoms with E-state index in [9.17, 15) is 14.4 Å². The number of piperidine rings is 1. The number of amides is 4. The third kappa shape index (κ3) is 4.23. The highest BCUT2D eigenvalue weighted by Gasteiger charge is 2.36. The molecule has 0 aromatic heterocycles. The summed E-state index contributed by atoms with van der Waals surface area (Å²) in [4.78, 5) is 41.8. The van der Waals surface area contributed by atoms with E-state index in [0.29, 0.717) is 57.5 Å². The Morgan fingerprint density at radius 2 is 1.88 bits per heavy atom. The van der Waals surface area contributed by atoms with E-state index in [2.05, 4.69) is 5.32 Å². The Labute approximate surface area is 148 Å². The van der Waals surface area contributed by atoms with Gasteiger partial charge in [-0.25, -0.2) is 4.79 Å². The standard InChI is InChI=1S/C17H28N4O4/c1-25-12-16(23)21-6-2-13-10-15(22)19(5-3-14(13)11-21)8-9-20-7-4-18-17(20)24/h13-14H,2-12H2,1H3,(H,18,24)/t13-,14-/m0/s1. The molecule has 0 spiro atoms. The highest BCUT2D eigenvalue weighted by Crippen LogP contribution is 2.32. The largest absolute Gasteiger partial charge is 0.375 e. The number of urea groups is 1. The first-order valence-corrected chi connectivity index (χ1v) is 9.15. The number of likely N-dealkylation sites (tertiary alicyclic amines) is 2. The molecule has 2 atom stereocenters. The molecule has 3 rings (SSSR count). The van der Waals surface area contributed by atoms with Crippen molar-refractivity contribution >= 4 is 17.8 Å². The van der Waals surface area contributed by atoms with Crippen LogP contribution in [0.4, 0.5) is 4.79 Å². The maximum atomic E-state index is 12.6. The van der Waals surface area contributed by atoms with Crippen molar-refractivity contribution in [2.45, 2.75) is 19.3 Å². The minimum Gasteiger partial charge on any atom is -0.375 e. The number of rotatable bonds is 5. The Morgan fingerprint density at radius 3 is 2.60 bits per heavy atom. The Balaban J connectivity index is 1.53. The second-order valence-corrected chi connectivity index (χ2v) is 7.17. The summed E-state index contributed by atoms with van der Waals surface area (Å²) in [5.74, 6) is 0.954. The molecule has 140 valence electrons. The van der Waals surface area contributed by atoms with E-state index in [1.807, 2.05) is 9.80 Å². The average Bonchev–Trinajstić information content (AvgIpc) is 2.93. The number of carbonyl (C=O) groups excluding carboxylic acids is 3. The zero-order valence-corrected chi connectivity index (χ0v) is 14.9. The van der Waals surface area contributed by atoms with Gasteiger partial charge in [0.25, 0.3) is 0 Å². The minimum atomic E-state index is -0.0387. The van der Waals surface area contributed by atoms with E-state index in [4.69, 9.17) is 4.74 Å². The molecule has 3 fully saturated rings. The average molecular weight is 352 g/mol. The van der Waals surface area contributed by atoms with Gasteiger partial charge in [-0.2, -0.15) is 0 Å². The van der Waals surface area contributed by atoms with Crippen LogP contribution >= 0.6 is 0 Å². The zero-order chi connectivity index (χ0) is 17.8. The lowest BCUT2D eigenvalue weighted by molar-refractivity contribution is -0.138. The van der Waals surface area contributed by atoms with Crippen LogP contribution in [-0.4, -0.2) is 92.1 Å². The number of hydrogen-bond donors (Lipinski definition) is 1. The van der Waals surface area contributed by atoms with E-state index in [0.717, 1.165) is 19.4 Å². The maximum absolute atomic E-state index is 12.6. The van der Waals surface area contributed by atoms with E-state index < -0.39 is 0 Å². The van der Waals surface area contributed by atoms with Crippen molar-refractivity contribution in [1.82, 2.24) is 20.0 Å². The molecule has 4 amide bonds. The van der Waals surface area contributed by atoms with Crippen LogP contribution in [0.15, 0.2) is 0 Å². The maximum Gasteiger partial charge on any atom is 0.317 e. The van der Waals surface area contributed by atoms with Gasteiger partial charge in [0.05, 0.1) is 0 Å². The highest BCUT2D eigenvalue weighted by molar-refractivity contribution is 5.79. The van der Waals surface area contributed by atoms with E-state index >= 15 is 0 Å². The molecule has 1 N–H and O–H groups in total. The minimum absolute atomic E-state index is 0.0356. The van der Waals surface area contributed by atoms with Crippen molar-refractivity contribution in [3.8, 4) is 0 Å². The van der Waals surface area contributed by atoms with Crippen LogP contribution in [0.1, 0.15) is 19.3 Å². The van der Waals surface area contributed by atoms with Crippen LogP contribution in [0.2, 0.25) is 0 Å². The quantitative estimate of drug-likeness (QED) is 0.739. The highest BCUT2D eigenvalue weighted by atomic mass is 16.5. The SMILES string of the molecule is COCC(=O)N1CC[C@H]2CC(=O)N(CCN3CCNC3=O)CC[C@H]2C1. The number of fused-ring (bicyclic) bond motifs is 1. The summed E-state index contributed by atoms with van der Waals surface area (Å²) in [6, 6.07) is -0.0387. The third-order valence-corrected chi connectivity index (χ3v) is 5.66. The Morgan fingerprint density at radius 1 is 1.12 bits per heavy atom. The van der Waals surface area contributed by atoms with E-state index in [1.54, 1.807) is 4.90 Å². The van der Waals surface area contributed by atoms with Crippen molar-refractivity contribution in [2.24, 2.45) is 11.8 Å². The topological polar surface area (TPSA) is 82.2 Å². The summed E-state index contributed by atoms with van der Waals surface area (Å²) < 4.78 is 4.95. The summed E-state index contributed by atoms with van der Waals surface area (Å²) in [6.07, 6.45) is 2.36. The predicted octanol–water partition coefficient (Wildman–Crippen LogP) is -0.255. The first-order chi connectivity index (χ1) is 12.1. The molecule has 25 heavy (non-hydrogen) atoms. The van der Waals surface area contributed by atoms with Gasteiger partial charge in [-0.3, -0.25) is 9.59 Å². The van der Waals surface area contributed by atoms with Gasteiger partial charge in [-0.15, -0.1) is 0 Å². The van der Waals surface area contributed by atoms with Crippen molar-refractivity contribution in [1.29, 1.82) is 0 Å². The molecule has 3 aliphatic rings. The normalized spacial score (nSPS) is 27.2. The van der Waals surface area contributed by atoms with E-state index in [-0.39, 0.29) is 24.5 Å². The van der Waals surface area contributed by atoms with E-state index in [1.165, 1.54) is 7.11 Å². The van der Waals surface area contributed by atoms with Crippen molar-refractivity contribution in [3.63, 3.8) is 0 Å². The number of ether oxygens (including phenoxy) is 1. The summed E-state index contributed by atoms with van der Waals surface area (Å²) in [7, 11) is 1.54. The molecule has 3 aliphatic heterocycles. The molecule has 0 bridgehead atoms. The van der Waals surface area contributed by atoms with Gasteiger partial charge in [0.2, 0.25) is 11.8 Å². The molecule has 8 heteroatoms. The molecule has 0 aromatic rings. The number of nitrogens with zero attached hydrogens (tertiary/aromatic N) is 3. The molecule has 0 aliphatic carbocycles. The fourth-order valence-electron chi connectivity index (χ4n) is 4.12. The van der Waals surface area contributed by atoms with Gasteiger partial charge >= 0.3 is 6.03 Å². The number of hydrogen-bond acceptors (Lipinski definition) is 4. The Hall–Kier alpha value is -1.83. The van der Waals surface area contributed by atoms with Crippen molar-refractivity contribution < 1.29 is 19.1 Å². The molecule has 0 unspecified atom stereocenters. The zero-order valence-electron chi connectivity index (χ0n) is 14.9.